The van der Waals surface area contributed by atoms with Gasteiger partial charge in [-0.25, -0.2) is 8.42 Å². The third kappa shape index (κ3) is 4.23. The summed E-state index contributed by atoms with van der Waals surface area (Å²) in [7, 11) is -3.68. The lowest BCUT2D eigenvalue weighted by molar-refractivity contribution is -0.117. The van der Waals surface area contributed by atoms with Crippen LogP contribution < -0.4 is 10.2 Å². The number of anilines is 2. The summed E-state index contributed by atoms with van der Waals surface area (Å²) in [5.74, 6) is -0.302. The third-order valence-electron chi connectivity index (χ3n) is 5.21. The van der Waals surface area contributed by atoms with E-state index in [9.17, 15) is 18.0 Å². The maximum absolute atomic E-state index is 12.8. The summed E-state index contributed by atoms with van der Waals surface area (Å²) in [6.07, 6.45) is 1.41. The molecule has 0 unspecified atom stereocenters. The zero-order valence-corrected chi connectivity index (χ0v) is 17.2. The van der Waals surface area contributed by atoms with Crippen LogP contribution in [0.3, 0.4) is 0 Å². The lowest BCUT2D eigenvalue weighted by Gasteiger charge is -2.26. The van der Waals surface area contributed by atoms with Gasteiger partial charge in [0.05, 0.1) is 18.1 Å². The predicted molar refractivity (Wildman–Crippen MR) is 112 cm³/mol. The highest BCUT2D eigenvalue weighted by atomic mass is 32.2. The molecule has 30 heavy (non-hydrogen) atoms. The van der Waals surface area contributed by atoms with Gasteiger partial charge in [-0.2, -0.15) is 4.31 Å². The van der Waals surface area contributed by atoms with Crippen molar-refractivity contribution < 1.29 is 22.7 Å². The fraction of sp³-hybridized carbons (Fsp3) is 0.333. The number of nitrogens with one attached hydrogen (secondary N) is 1. The van der Waals surface area contributed by atoms with E-state index in [1.807, 2.05) is 0 Å². The number of carbonyl (C=O) groups is 2. The quantitative estimate of drug-likeness (QED) is 0.785. The first kappa shape index (κ1) is 20.5. The van der Waals surface area contributed by atoms with Gasteiger partial charge in [-0.1, -0.05) is 6.07 Å². The highest BCUT2D eigenvalue weighted by Crippen LogP contribution is 2.24. The molecule has 0 aromatic heterocycles. The second kappa shape index (κ2) is 8.55. The van der Waals surface area contributed by atoms with Crippen molar-refractivity contribution in [1.29, 1.82) is 0 Å². The summed E-state index contributed by atoms with van der Waals surface area (Å²) in [4.78, 5) is 26.3. The molecule has 0 saturated carbocycles. The Morgan fingerprint density at radius 1 is 1.00 bits per heavy atom. The third-order valence-corrected chi connectivity index (χ3v) is 7.11. The van der Waals surface area contributed by atoms with Gasteiger partial charge in [0.25, 0.3) is 5.91 Å². The van der Waals surface area contributed by atoms with Gasteiger partial charge in [0.15, 0.2) is 0 Å². The molecule has 2 aliphatic heterocycles. The molecule has 2 heterocycles. The van der Waals surface area contributed by atoms with E-state index in [4.69, 9.17) is 4.74 Å². The molecule has 0 atom stereocenters. The smallest absolute Gasteiger partial charge is 0.255 e. The topological polar surface area (TPSA) is 96.0 Å². The van der Waals surface area contributed by atoms with E-state index in [-0.39, 0.29) is 16.4 Å². The molecular formula is C21H23N3O5S. The van der Waals surface area contributed by atoms with Gasteiger partial charge in [-0.05, 0) is 48.9 Å². The van der Waals surface area contributed by atoms with Crippen LogP contribution in [0.4, 0.5) is 11.4 Å². The molecule has 2 aliphatic rings. The number of hydrogen-bond donors (Lipinski definition) is 1. The second-order valence-corrected chi connectivity index (χ2v) is 9.13. The Kier molecular flexibility index (Phi) is 5.85. The first-order chi connectivity index (χ1) is 14.4. The van der Waals surface area contributed by atoms with Gasteiger partial charge in [0.1, 0.15) is 0 Å². The van der Waals surface area contributed by atoms with E-state index in [0.717, 1.165) is 12.1 Å². The Morgan fingerprint density at radius 3 is 2.40 bits per heavy atom. The summed E-state index contributed by atoms with van der Waals surface area (Å²) < 4.78 is 32.2. The van der Waals surface area contributed by atoms with E-state index in [2.05, 4.69) is 5.32 Å². The van der Waals surface area contributed by atoms with Crippen LogP contribution in [0.5, 0.6) is 0 Å². The first-order valence-electron chi connectivity index (χ1n) is 9.85. The molecule has 2 amide bonds. The van der Waals surface area contributed by atoms with E-state index < -0.39 is 15.9 Å². The number of morpholine rings is 1. The molecule has 9 heteroatoms. The largest absolute Gasteiger partial charge is 0.379 e. The number of carbonyl (C=O) groups excluding carboxylic acids is 2. The molecule has 2 saturated heterocycles. The molecule has 0 spiro atoms. The molecule has 1 N–H and O–H groups in total. The molecule has 4 rings (SSSR count). The van der Waals surface area contributed by atoms with Crippen LogP contribution in [0.25, 0.3) is 0 Å². The number of hydrogen-bond acceptors (Lipinski definition) is 5. The highest BCUT2D eigenvalue weighted by Gasteiger charge is 2.27. The lowest BCUT2D eigenvalue weighted by Crippen LogP contribution is -2.40. The molecule has 2 aromatic carbocycles. The molecule has 0 aliphatic carbocycles. The Hall–Kier alpha value is -2.75. The zero-order valence-electron chi connectivity index (χ0n) is 16.4. The normalized spacial score (nSPS) is 17.9. The number of ether oxygens (including phenoxy) is 1. The summed E-state index contributed by atoms with van der Waals surface area (Å²) >= 11 is 0. The van der Waals surface area contributed by atoms with Gasteiger partial charge >= 0.3 is 0 Å². The number of amides is 2. The summed E-state index contributed by atoms with van der Waals surface area (Å²) in [5, 5.41) is 2.77. The fourth-order valence-electron chi connectivity index (χ4n) is 3.58. The number of benzene rings is 2. The van der Waals surface area contributed by atoms with Crippen molar-refractivity contribution in [1.82, 2.24) is 4.31 Å². The maximum atomic E-state index is 12.8. The Bertz CT molecular complexity index is 1050. The van der Waals surface area contributed by atoms with Crippen molar-refractivity contribution in [3.05, 3.63) is 54.1 Å². The molecule has 2 fully saturated rings. The molecule has 158 valence electrons. The standard InChI is InChI=1S/C21H23N3O5S/c25-20-5-2-10-24(20)18-8-6-17(7-9-18)22-21(26)16-3-1-4-19(15-16)30(27,28)23-11-13-29-14-12-23/h1,3-4,6-9,15H,2,5,10-14H2,(H,22,26). The molecule has 8 nitrogen and oxygen atoms in total. The van der Waals surface area contributed by atoms with Gasteiger partial charge in [-0.15, -0.1) is 0 Å². The Labute approximate surface area is 175 Å². The minimum Gasteiger partial charge on any atom is -0.379 e. The maximum Gasteiger partial charge on any atom is 0.255 e. The average Bonchev–Trinajstić information content (AvgIpc) is 3.21. The Balaban J connectivity index is 1.47. The summed E-state index contributed by atoms with van der Waals surface area (Å²) in [5.41, 5.74) is 1.62. The molecular weight excluding hydrogens is 406 g/mol. The van der Waals surface area contributed by atoms with Crippen LogP contribution >= 0.6 is 0 Å². The van der Waals surface area contributed by atoms with Crippen molar-refractivity contribution >= 4 is 33.2 Å². The van der Waals surface area contributed by atoms with Gasteiger partial charge < -0.3 is 15.0 Å². The van der Waals surface area contributed by atoms with Crippen molar-refractivity contribution in [2.45, 2.75) is 17.7 Å². The predicted octanol–water partition coefficient (Wildman–Crippen LogP) is 2.09. The average molecular weight is 429 g/mol. The SMILES string of the molecule is O=C(Nc1ccc(N2CCCC2=O)cc1)c1cccc(S(=O)(=O)N2CCOCC2)c1. The van der Waals surface area contributed by atoms with Crippen LogP contribution in [0, 0.1) is 0 Å². The van der Waals surface area contributed by atoms with Crippen molar-refractivity contribution in [3.8, 4) is 0 Å². The van der Waals surface area contributed by atoms with Crippen molar-refractivity contribution in [2.24, 2.45) is 0 Å². The minimum absolute atomic E-state index is 0.0833. The highest BCUT2D eigenvalue weighted by molar-refractivity contribution is 7.89. The van der Waals surface area contributed by atoms with E-state index >= 15 is 0 Å². The number of rotatable bonds is 5. The monoisotopic (exact) mass is 429 g/mol. The molecule has 0 bridgehead atoms. The lowest BCUT2D eigenvalue weighted by atomic mass is 10.2. The van der Waals surface area contributed by atoms with Crippen LogP contribution in [-0.2, 0) is 19.6 Å². The Morgan fingerprint density at radius 2 is 1.73 bits per heavy atom. The van der Waals surface area contributed by atoms with E-state index in [0.29, 0.717) is 45.0 Å². The number of sulfonamides is 1. The second-order valence-electron chi connectivity index (χ2n) is 7.19. The van der Waals surface area contributed by atoms with Crippen molar-refractivity contribution in [3.63, 3.8) is 0 Å². The van der Waals surface area contributed by atoms with Gasteiger partial charge in [0, 0.05) is 43.0 Å². The van der Waals surface area contributed by atoms with Gasteiger partial charge in [-0.3, -0.25) is 9.59 Å². The molecule has 0 radical (unpaired) electrons. The fourth-order valence-corrected chi connectivity index (χ4v) is 5.04. The molecule has 2 aromatic rings. The summed E-state index contributed by atoms with van der Waals surface area (Å²) in [6, 6.07) is 13.0. The zero-order chi connectivity index (χ0) is 21.1. The number of nitrogens with zero attached hydrogens (tertiary/aromatic N) is 2. The summed E-state index contributed by atoms with van der Waals surface area (Å²) in [6.45, 7) is 2.01. The minimum atomic E-state index is -3.68. The van der Waals surface area contributed by atoms with E-state index in [1.165, 1.54) is 16.4 Å². The first-order valence-corrected chi connectivity index (χ1v) is 11.3. The van der Waals surface area contributed by atoms with Crippen LogP contribution in [-0.4, -0.2) is 57.4 Å². The van der Waals surface area contributed by atoms with Crippen LogP contribution in [0.2, 0.25) is 0 Å². The van der Waals surface area contributed by atoms with Gasteiger partial charge in [0.2, 0.25) is 15.9 Å². The van der Waals surface area contributed by atoms with Crippen LogP contribution in [0.15, 0.2) is 53.4 Å². The van der Waals surface area contributed by atoms with Crippen LogP contribution in [0.1, 0.15) is 23.2 Å². The van der Waals surface area contributed by atoms with E-state index in [1.54, 1.807) is 41.3 Å². The van der Waals surface area contributed by atoms with Crippen molar-refractivity contribution in [2.75, 3.05) is 43.1 Å².